The Morgan fingerprint density at radius 2 is 0.833 bits per heavy atom. The summed E-state index contributed by atoms with van der Waals surface area (Å²) in [5, 5.41) is 0. The molecule has 72 valence electrons. The summed E-state index contributed by atoms with van der Waals surface area (Å²) in [6.07, 6.45) is 19.5. The fourth-order valence-corrected chi connectivity index (χ4v) is 1.21. The second-order valence-corrected chi connectivity index (χ2v) is 3.12. The Bertz CT molecular complexity index is 63.4. The lowest BCUT2D eigenvalue weighted by Gasteiger charge is -1.97. The Morgan fingerprint density at radius 1 is 0.583 bits per heavy atom. The number of hydrogen-bond donors (Lipinski definition) is 0. The quantitative estimate of drug-likeness (QED) is 0.390. The highest BCUT2D eigenvalue weighted by molar-refractivity contribution is 4.47. The van der Waals surface area contributed by atoms with Crippen molar-refractivity contribution < 1.29 is 0 Å². The minimum Gasteiger partial charge on any atom is -0.124 e. The van der Waals surface area contributed by atoms with Crippen molar-refractivity contribution in [2.45, 2.75) is 65.2 Å². The van der Waals surface area contributed by atoms with Gasteiger partial charge in [0.1, 0.15) is 0 Å². The predicted molar refractivity (Wildman–Crippen MR) is 58.2 cm³/mol. The molecule has 0 N–H and O–H groups in total. The molecule has 0 aliphatic heterocycles. The van der Waals surface area contributed by atoms with Gasteiger partial charge in [-0.15, -0.1) is 12.8 Å². The zero-order valence-corrected chi connectivity index (χ0v) is 8.81. The van der Waals surface area contributed by atoms with E-state index in [1.54, 1.807) is 0 Å². The third-order valence-electron chi connectivity index (χ3n) is 1.96. The highest BCUT2D eigenvalue weighted by Gasteiger charge is 1.87. The lowest BCUT2D eigenvalue weighted by Crippen LogP contribution is -1.77. The average molecular weight is 168 g/mol. The molecule has 0 aliphatic carbocycles. The van der Waals surface area contributed by atoms with Crippen molar-refractivity contribution in [3.63, 3.8) is 0 Å². The SMILES string of the molecule is C#C.CCCCCCCCCC. The van der Waals surface area contributed by atoms with E-state index in [9.17, 15) is 0 Å². The Morgan fingerprint density at radius 3 is 1.08 bits per heavy atom. The number of terminal acetylenes is 1. The Labute approximate surface area is 78.8 Å². The molecule has 0 aliphatic rings. The molecule has 0 spiro atoms. The van der Waals surface area contributed by atoms with Crippen molar-refractivity contribution >= 4 is 0 Å². The van der Waals surface area contributed by atoms with Crippen LogP contribution in [0.3, 0.4) is 0 Å². The van der Waals surface area contributed by atoms with Gasteiger partial charge in [-0.05, 0) is 0 Å². The van der Waals surface area contributed by atoms with Gasteiger partial charge in [0, 0.05) is 0 Å². The first-order chi connectivity index (χ1) is 5.91. The van der Waals surface area contributed by atoms with Gasteiger partial charge in [0.15, 0.2) is 0 Å². The Kier molecular flexibility index (Phi) is 19.8. The van der Waals surface area contributed by atoms with Gasteiger partial charge in [-0.1, -0.05) is 65.2 Å². The fourth-order valence-electron chi connectivity index (χ4n) is 1.21. The molecular formula is C12H24. The van der Waals surface area contributed by atoms with Gasteiger partial charge in [0.2, 0.25) is 0 Å². The van der Waals surface area contributed by atoms with E-state index in [0.29, 0.717) is 0 Å². The van der Waals surface area contributed by atoms with Crippen molar-refractivity contribution in [2.75, 3.05) is 0 Å². The molecule has 0 saturated heterocycles. The second-order valence-electron chi connectivity index (χ2n) is 3.12. The third-order valence-corrected chi connectivity index (χ3v) is 1.96. The summed E-state index contributed by atoms with van der Waals surface area (Å²) in [5.74, 6) is 0. The number of rotatable bonds is 7. The molecule has 0 heterocycles. The van der Waals surface area contributed by atoms with E-state index in [2.05, 4.69) is 26.7 Å². The van der Waals surface area contributed by atoms with Crippen molar-refractivity contribution in [3.05, 3.63) is 0 Å². The van der Waals surface area contributed by atoms with Gasteiger partial charge in [-0.2, -0.15) is 0 Å². The van der Waals surface area contributed by atoms with Crippen LogP contribution < -0.4 is 0 Å². The largest absolute Gasteiger partial charge is 0.124 e. The summed E-state index contributed by atoms with van der Waals surface area (Å²) in [6, 6.07) is 0. The van der Waals surface area contributed by atoms with Gasteiger partial charge in [-0.3, -0.25) is 0 Å². The lowest BCUT2D eigenvalue weighted by molar-refractivity contribution is 0.585. The first-order valence-electron chi connectivity index (χ1n) is 5.25. The standard InChI is InChI=1S/C10H22.C2H2/c1-3-5-7-9-10-8-6-4-2;1-2/h3-10H2,1-2H3;1-2H. The lowest BCUT2D eigenvalue weighted by atomic mass is 10.1. The predicted octanol–water partition coefficient (Wildman–Crippen LogP) is 4.40. The molecular weight excluding hydrogens is 144 g/mol. The van der Waals surface area contributed by atoms with E-state index < -0.39 is 0 Å². The number of unbranched alkanes of at least 4 members (excludes halogenated alkanes) is 7. The van der Waals surface area contributed by atoms with Crippen LogP contribution >= 0.6 is 0 Å². The monoisotopic (exact) mass is 168 g/mol. The molecule has 0 saturated carbocycles. The van der Waals surface area contributed by atoms with Crippen LogP contribution in [0.15, 0.2) is 0 Å². The van der Waals surface area contributed by atoms with Crippen molar-refractivity contribution in [2.24, 2.45) is 0 Å². The molecule has 0 heteroatoms. The van der Waals surface area contributed by atoms with Gasteiger partial charge in [0.25, 0.3) is 0 Å². The van der Waals surface area contributed by atoms with Crippen LogP contribution in [0.2, 0.25) is 0 Å². The first kappa shape index (κ1) is 14.1. The highest BCUT2D eigenvalue weighted by Crippen LogP contribution is 2.07. The summed E-state index contributed by atoms with van der Waals surface area (Å²) in [6.45, 7) is 4.54. The molecule has 0 unspecified atom stereocenters. The normalized spacial score (nSPS) is 8.67. The first-order valence-corrected chi connectivity index (χ1v) is 5.25. The summed E-state index contributed by atoms with van der Waals surface area (Å²) in [5.41, 5.74) is 0. The molecule has 0 rings (SSSR count). The van der Waals surface area contributed by atoms with Crippen LogP contribution in [0.1, 0.15) is 65.2 Å². The topological polar surface area (TPSA) is 0 Å². The summed E-state index contributed by atoms with van der Waals surface area (Å²) in [4.78, 5) is 0. The van der Waals surface area contributed by atoms with E-state index in [4.69, 9.17) is 0 Å². The van der Waals surface area contributed by atoms with Gasteiger partial charge < -0.3 is 0 Å². The van der Waals surface area contributed by atoms with Gasteiger partial charge in [0.05, 0.1) is 0 Å². The maximum Gasteiger partial charge on any atom is -0.0533 e. The van der Waals surface area contributed by atoms with E-state index in [0.717, 1.165) is 0 Å². The van der Waals surface area contributed by atoms with Crippen LogP contribution in [0, 0.1) is 12.8 Å². The van der Waals surface area contributed by atoms with Gasteiger partial charge >= 0.3 is 0 Å². The molecule has 0 atom stereocenters. The minimum absolute atomic E-state index is 1.37. The van der Waals surface area contributed by atoms with Crippen molar-refractivity contribution in [1.29, 1.82) is 0 Å². The molecule has 0 amide bonds. The molecule has 0 bridgehead atoms. The summed E-state index contributed by atoms with van der Waals surface area (Å²) >= 11 is 0. The van der Waals surface area contributed by atoms with E-state index in [1.165, 1.54) is 51.4 Å². The smallest absolute Gasteiger partial charge is 0.0533 e. The Hall–Kier alpha value is -0.440. The van der Waals surface area contributed by atoms with Crippen molar-refractivity contribution in [1.82, 2.24) is 0 Å². The Balaban J connectivity index is 0. The highest BCUT2D eigenvalue weighted by atomic mass is 13.9. The maximum atomic E-state index is 4.00. The zero-order chi connectivity index (χ0) is 9.66. The zero-order valence-electron chi connectivity index (χ0n) is 8.81. The van der Waals surface area contributed by atoms with Crippen LogP contribution in [0.4, 0.5) is 0 Å². The van der Waals surface area contributed by atoms with Crippen LogP contribution in [0.25, 0.3) is 0 Å². The second kappa shape index (κ2) is 16.9. The van der Waals surface area contributed by atoms with E-state index in [1.807, 2.05) is 0 Å². The third kappa shape index (κ3) is 16.3. The molecule has 0 aromatic carbocycles. The summed E-state index contributed by atoms with van der Waals surface area (Å²) < 4.78 is 0. The molecule has 12 heavy (non-hydrogen) atoms. The molecule has 0 nitrogen and oxygen atoms in total. The molecule has 0 radical (unpaired) electrons. The summed E-state index contributed by atoms with van der Waals surface area (Å²) in [7, 11) is 0. The van der Waals surface area contributed by atoms with Crippen LogP contribution in [0.5, 0.6) is 0 Å². The maximum absolute atomic E-state index is 4.00. The van der Waals surface area contributed by atoms with Crippen LogP contribution in [-0.2, 0) is 0 Å². The molecule has 0 aromatic rings. The molecule has 0 aromatic heterocycles. The van der Waals surface area contributed by atoms with Gasteiger partial charge in [-0.25, -0.2) is 0 Å². The van der Waals surface area contributed by atoms with Crippen LogP contribution in [-0.4, -0.2) is 0 Å². The minimum atomic E-state index is 1.37. The average Bonchev–Trinajstić information content (AvgIpc) is 2.15. The molecule has 0 fully saturated rings. The number of hydrogen-bond acceptors (Lipinski definition) is 0. The van der Waals surface area contributed by atoms with Crippen molar-refractivity contribution in [3.8, 4) is 12.8 Å². The van der Waals surface area contributed by atoms with E-state index >= 15 is 0 Å². The van der Waals surface area contributed by atoms with E-state index in [-0.39, 0.29) is 0 Å². The fraction of sp³-hybridized carbons (Fsp3) is 0.833.